The number of carbonyl (C=O) groups is 1. The average molecular weight is 404 g/mol. The fourth-order valence-corrected chi connectivity index (χ4v) is 3.46. The van der Waals surface area contributed by atoms with Crippen LogP contribution in [0.25, 0.3) is 11.4 Å². The fraction of sp³-hybridized carbons (Fsp3) is 0.182. The number of aromatic nitrogens is 2. The number of benzene rings is 2. The number of aryl methyl sites for hydroxylation is 1. The summed E-state index contributed by atoms with van der Waals surface area (Å²) in [5.41, 5.74) is 2.53. The van der Waals surface area contributed by atoms with Crippen molar-refractivity contribution in [1.29, 1.82) is 5.26 Å². The van der Waals surface area contributed by atoms with Gasteiger partial charge in [-0.3, -0.25) is 4.79 Å². The number of amides is 1. The van der Waals surface area contributed by atoms with Crippen molar-refractivity contribution in [2.45, 2.75) is 18.9 Å². The molecule has 3 rings (SSSR count). The van der Waals surface area contributed by atoms with E-state index in [1.807, 2.05) is 37.3 Å². The van der Waals surface area contributed by atoms with Gasteiger partial charge in [-0.1, -0.05) is 42.1 Å². The lowest BCUT2D eigenvalue weighted by atomic mass is 10.2. The van der Waals surface area contributed by atoms with Crippen molar-refractivity contribution in [3.05, 3.63) is 65.9 Å². The van der Waals surface area contributed by atoms with Crippen LogP contribution in [-0.2, 0) is 4.79 Å². The molecular weight excluding hydrogens is 384 g/mol. The Morgan fingerprint density at radius 1 is 1.14 bits per heavy atom. The largest absolute Gasteiger partial charge is 0.494 e. The third kappa shape index (κ3) is 5.33. The third-order valence-electron chi connectivity index (χ3n) is 3.99. The molecule has 0 bridgehead atoms. The maximum absolute atomic E-state index is 12.3. The number of anilines is 1. The molecule has 146 valence electrons. The molecule has 1 amide bonds. The first kappa shape index (κ1) is 20.4. The summed E-state index contributed by atoms with van der Waals surface area (Å²) in [6.45, 7) is 4.28. The Labute approximate surface area is 174 Å². The standard InChI is InChI=1S/C22H20N4O2S/c1-3-28-18-11-9-17(10-12-18)25-20(27)14-29-22-19(13-23)15(2)24-21(26-22)16-7-5-4-6-8-16/h4-12H,3,14H2,1-2H3,(H,25,27). The zero-order valence-corrected chi connectivity index (χ0v) is 17.0. The van der Waals surface area contributed by atoms with Crippen LogP contribution in [0.2, 0.25) is 0 Å². The van der Waals surface area contributed by atoms with Crippen LogP contribution in [-0.4, -0.2) is 28.2 Å². The molecule has 1 aromatic heterocycles. The molecule has 0 radical (unpaired) electrons. The lowest BCUT2D eigenvalue weighted by molar-refractivity contribution is -0.113. The minimum Gasteiger partial charge on any atom is -0.494 e. The Hall–Kier alpha value is -3.37. The highest BCUT2D eigenvalue weighted by Gasteiger charge is 2.15. The molecule has 0 saturated heterocycles. The van der Waals surface area contributed by atoms with Gasteiger partial charge < -0.3 is 10.1 Å². The number of nitrogens with one attached hydrogen (secondary N) is 1. The molecule has 29 heavy (non-hydrogen) atoms. The van der Waals surface area contributed by atoms with E-state index in [0.29, 0.717) is 34.4 Å². The molecule has 0 saturated carbocycles. The van der Waals surface area contributed by atoms with Crippen molar-refractivity contribution in [3.8, 4) is 23.2 Å². The second kappa shape index (κ2) is 9.71. The lowest BCUT2D eigenvalue weighted by Crippen LogP contribution is -2.14. The van der Waals surface area contributed by atoms with Gasteiger partial charge in [-0.25, -0.2) is 9.97 Å². The molecule has 1 N–H and O–H groups in total. The molecule has 0 spiro atoms. The molecular formula is C22H20N4O2S. The van der Waals surface area contributed by atoms with Crippen molar-refractivity contribution in [2.75, 3.05) is 17.7 Å². The number of thioether (sulfide) groups is 1. The van der Waals surface area contributed by atoms with E-state index in [9.17, 15) is 10.1 Å². The van der Waals surface area contributed by atoms with Gasteiger partial charge in [0, 0.05) is 11.3 Å². The van der Waals surface area contributed by atoms with Crippen LogP contribution < -0.4 is 10.1 Å². The molecule has 0 aliphatic rings. The van der Waals surface area contributed by atoms with Crippen LogP contribution in [0.5, 0.6) is 5.75 Å². The van der Waals surface area contributed by atoms with E-state index in [-0.39, 0.29) is 11.7 Å². The van der Waals surface area contributed by atoms with Gasteiger partial charge in [-0.15, -0.1) is 0 Å². The fourth-order valence-electron chi connectivity index (χ4n) is 2.63. The Balaban J connectivity index is 1.71. The minimum absolute atomic E-state index is 0.132. The zero-order valence-electron chi connectivity index (χ0n) is 16.2. The van der Waals surface area contributed by atoms with Gasteiger partial charge in [0.25, 0.3) is 0 Å². The molecule has 3 aromatic rings. The Morgan fingerprint density at radius 2 is 1.86 bits per heavy atom. The second-order valence-electron chi connectivity index (χ2n) is 6.08. The quantitative estimate of drug-likeness (QED) is 0.462. The zero-order chi connectivity index (χ0) is 20.6. The SMILES string of the molecule is CCOc1ccc(NC(=O)CSc2nc(-c3ccccc3)nc(C)c2C#N)cc1. The highest BCUT2D eigenvalue weighted by molar-refractivity contribution is 8.00. The summed E-state index contributed by atoms with van der Waals surface area (Å²) in [5.74, 6) is 1.24. The number of hydrogen-bond acceptors (Lipinski definition) is 6. The van der Waals surface area contributed by atoms with Gasteiger partial charge in [0.05, 0.1) is 18.1 Å². The lowest BCUT2D eigenvalue weighted by Gasteiger charge is -2.09. The van der Waals surface area contributed by atoms with Crippen molar-refractivity contribution < 1.29 is 9.53 Å². The first-order valence-corrected chi connectivity index (χ1v) is 10.1. The second-order valence-corrected chi connectivity index (χ2v) is 7.05. The van der Waals surface area contributed by atoms with E-state index in [1.165, 1.54) is 11.8 Å². The summed E-state index contributed by atoms with van der Waals surface area (Å²) in [6.07, 6.45) is 0. The number of ether oxygens (including phenoxy) is 1. The Morgan fingerprint density at radius 3 is 2.52 bits per heavy atom. The molecule has 0 aliphatic carbocycles. The molecule has 0 fully saturated rings. The van der Waals surface area contributed by atoms with Gasteiger partial charge in [-0.2, -0.15) is 5.26 Å². The van der Waals surface area contributed by atoms with Crippen LogP contribution >= 0.6 is 11.8 Å². The first-order valence-electron chi connectivity index (χ1n) is 9.10. The van der Waals surface area contributed by atoms with E-state index in [4.69, 9.17) is 4.74 Å². The summed E-state index contributed by atoms with van der Waals surface area (Å²) in [6, 6.07) is 18.9. The van der Waals surface area contributed by atoms with Crippen LogP contribution in [0.3, 0.4) is 0 Å². The molecule has 2 aromatic carbocycles. The summed E-state index contributed by atoms with van der Waals surface area (Å²) >= 11 is 1.22. The highest BCUT2D eigenvalue weighted by atomic mass is 32.2. The van der Waals surface area contributed by atoms with Crippen molar-refractivity contribution in [3.63, 3.8) is 0 Å². The summed E-state index contributed by atoms with van der Waals surface area (Å²) in [5, 5.41) is 12.8. The van der Waals surface area contributed by atoms with Crippen LogP contribution in [0.15, 0.2) is 59.6 Å². The summed E-state index contributed by atoms with van der Waals surface area (Å²) in [4.78, 5) is 21.3. The van der Waals surface area contributed by atoms with Gasteiger partial charge in [0.15, 0.2) is 5.82 Å². The first-order chi connectivity index (χ1) is 14.1. The van der Waals surface area contributed by atoms with Gasteiger partial charge >= 0.3 is 0 Å². The molecule has 6 nitrogen and oxygen atoms in total. The average Bonchev–Trinajstić information content (AvgIpc) is 2.74. The number of nitriles is 1. The van der Waals surface area contributed by atoms with Crippen LogP contribution in [0.4, 0.5) is 5.69 Å². The molecule has 7 heteroatoms. The highest BCUT2D eigenvalue weighted by Crippen LogP contribution is 2.26. The summed E-state index contributed by atoms with van der Waals surface area (Å²) < 4.78 is 5.39. The van der Waals surface area contributed by atoms with Crippen molar-refractivity contribution >= 4 is 23.4 Å². The van der Waals surface area contributed by atoms with E-state index >= 15 is 0 Å². The van der Waals surface area contributed by atoms with Gasteiger partial charge in [-0.05, 0) is 38.1 Å². The van der Waals surface area contributed by atoms with E-state index in [2.05, 4.69) is 21.4 Å². The van der Waals surface area contributed by atoms with Crippen molar-refractivity contribution in [1.82, 2.24) is 9.97 Å². The van der Waals surface area contributed by atoms with Crippen LogP contribution in [0.1, 0.15) is 18.2 Å². The molecule has 0 atom stereocenters. The predicted octanol–water partition coefficient (Wildman–Crippen LogP) is 4.45. The molecule has 0 aliphatic heterocycles. The Kier molecular flexibility index (Phi) is 6.82. The monoisotopic (exact) mass is 404 g/mol. The van der Waals surface area contributed by atoms with Crippen molar-refractivity contribution in [2.24, 2.45) is 0 Å². The number of hydrogen-bond donors (Lipinski definition) is 1. The molecule has 1 heterocycles. The molecule has 0 unspecified atom stereocenters. The smallest absolute Gasteiger partial charge is 0.234 e. The third-order valence-corrected chi connectivity index (χ3v) is 4.96. The number of rotatable bonds is 7. The summed E-state index contributed by atoms with van der Waals surface area (Å²) in [7, 11) is 0. The van der Waals surface area contributed by atoms with Crippen LogP contribution in [0, 0.1) is 18.3 Å². The van der Waals surface area contributed by atoms with E-state index < -0.39 is 0 Å². The van der Waals surface area contributed by atoms with E-state index in [1.54, 1.807) is 31.2 Å². The number of carbonyl (C=O) groups excluding carboxylic acids is 1. The topological polar surface area (TPSA) is 87.9 Å². The normalized spacial score (nSPS) is 10.2. The van der Waals surface area contributed by atoms with E-state index in [0.717, 1.165) is 11.3 Å². The Bertz CT molecular complexity index is 1030. The number of nitrogens with zero attached hydrogens (tertiary/aromatic N) is 3. The maximum Gasteiger partial charge on any atom is 0.234 e. The van der Waals surface area contributed by atoms with Gasteiger partial charge in [0.1, 0.15) is 22.4 Å². The van der Waals surface area contributed by atoms with Gasteiger partial charge in [0.2, 0.25) is 5.91 Å². The predicted molar refractivity (Wildman–Crippen MR) is 114 cm³/mol. The maximum atomic E-state index is 12.3. The minimum atomic E-state index is -0.180.